The van der Waals surface area contributed by atoms with Gasteiger partial charge in [0.1, 0.15) is 0 Å². The fraction of sp³-hybridized carbons (Fsp3) is 0.500. The van der Waals surface area contributed by atoms with Crippen molar-refractivity contribution in [1.29, 1.82) is 0 Å². The van der Waals surface area contributed by atoms with Crippen LogP contribution in [0.5, 0.6) is 0 Å². The molecule has 1 aromatic heterocycles. The van der Waals surface area contributed by atoms with E-state index in [0.29, 0.717) is 15.7 Å². The number of carbonyl (C=O) groups excluding carboxylic acids is 1. The number of nitrogens with one attached hydrogen (secondary N) is 1. The number of nitrogens with zero attached hydrogens (tertiary/aromatic N) is 1. The third kappa shape index (κ3) is 2.87. The molecule has 1 N–H and O–H groups in total. The van der Waals surface area contributed by atoms with Gasteiger partial charge < -0.3 is 0 Å². The molecule has 6 rings (SSSR count). The molecular formula is C20H20Cl2N2OS. The fourth-order valence-corrected chi connectivity index (χ4v) is 7.54. The Bertz CT molecular complexity index is 866. The Morgan fingerprint density at radius 3 is 2.69 bits per heavy atom. The summed E-state index contributed by atoms with van der Waals surface area (Å²) in [5.41, 5.74) is 1.79. The van der Waals surface area contributed by atoms with E-state index in [1.54, 1.807) is 24.3 Å². The Hall–Kier alpha value is -1.10. The molecule has 4 aliphatic rings. The molecular weight excluding hydrogens is 387 g/mol. The predicted molar refractivity (Wildman–Crippen MR) is 106 cm³/mol. The summed E-state index contributed by atoms with van der Waals surface area (Å²) >= 11 is 14.4. The molecule has 0 aliphatic heterocycles. The summed E-state index contributed by atoms with van der Waals surface area (Å²) in [5, 5.41) is 6.26. The molecule has 136 valence electrons. The number of rotatable bonds is 3. The summed E-state index contributed by atoms with van der Waals surface area (Å²) in [6.45, 7) is 0. The van der Waals surface area contributed by atoms with E-state index in [9.17, 15) is 4.79 Å². The largest absolute Gasteiger partial charge is 0.298 e. The van der Waals surface area contributed by atoms with Crippen molar-refractivity contribution < 1.29 is 4.79 Å². The van der Waals surface area contributed by atoms with E-state index in [1.165, 1.54) is 30.6 Å². The number of hydrogen-bond acceptors (Lipinski definition) is 3. The molecule has 2 unspecified atom stereocenters. The van der Waals surface area contributed by atoms with E-state index in [-0.39, 0.29) is 16.2 Å². The maximum absolute atomic E-state index is 12.5. The number of halogens is 2. The highest BCUT2D eigenvalue weighted by Crippen LogP contribution is 2.64. The number of benzene rings is 1. The van der Waals surface area contributed by atoms with Gasteiger partial charge in [0.25, 0.3) is 5.91 Å². The zero-order valence-electron chi connectivity index (χ0n) is 14.3. The van der Waals surface area contributed by atoms with Crippen molar-refractivity contribution in [2.24, 2.45) is 11.8 Å². The van der Waals surface area contributed by atoms with Crippen molar-refractivity contribution in [3.63, 3.8) is 0 Å². The van der Waals surface area contributed by atoms with E-state index in [2.05, 4.69) is 10.7 Å². The van der Waals surface area contributed by atoms with Crippen LogP contribution >= 0.6 is 34.5 Å². The monoisotopic (exact) mass is 406 g/mol. The van der Waals surface area contributed by atoms with Crippen LogP contribution in [0.25, 0.3) is 0 Å². The molecule has 0 spiro atoms. The molecule has 4 aliphatic carbocycles. The maximum atomic E-state index is 12.5. The van der Waals surface area contributed by atoms with E-state index >= 15 is 0 Å². The van der Waals surface area contributed by atoms with Gasteiger partial charge in [0, 0.05) is 26.3 Å². The first kappa shape index (κ1) is 17.0. The standard InChI is InChI=1S/C20H20Cl2N2OS/c21-15-3-1-2-14(5-15)17(25)24-18-23-16(10-26-18)19-6-12-4-13(7-19)9-20(22,8-12)11-19/h1-3,5,10,12-13H,4,6-9,11H2,(H,23,24,25). The summed E-state index contributed by atoms with van der Waals surface area (Å²) < 4.78 is 0. The van der Waals surface area contributed by atoms with E-state index < -0.39 is 0 Å². The van der Waals surface area contributed by atoms with Crippen molar-refractivity contribution in [3.05, 3.63) is 45.9 Å². The quantitative estimate of drug-likeness (QED) is 0.646. The Labute approximate surface area is 167 Å². The van der Waals surface area contributed by atoms with E-state index in [1.807, 2.05) is 0 Å². The minimum Gasteiger partial charge on any atom is -0.298 e. The molecule has 2 aromatic rings. The summed E-state index contributed by atoms with van der Waals surface area (Å²) in [7, 11) is 0. The third-order valence-corrected chi connectivity index (χ3v) is 7.78. The number of thiazole rings is 1. The van der Waals surface area contributed by atoms with Crippen molar-refractivity contribution in [1.82, 2.24) is 4.98 Å². The summed E-state index contributed by atoms with van der Waals surface area (Å²) in [4.78, 5) is 17.2. The molecule has 0 saturated heterocycles. The molecule has 4 fully saturated rings. The second kappa shape index (κ2) is 5.95. The van der Waals surface area contributed by atoms with Gasteiger partial charge >= 0.3 is 0 Å². The first-order chi connectivity index (χ1) is 12.4. The van der Waals surface area contributed by atoms with Gasteiger partial charge in [-0.15, -0.1) is 22.9 Å². The molecule has 1 aromatic carbocycles. The van der Waals surface area contributed by atoms with Gasteiger partial charge in [-0.25, -0.2) is 4.98 Å². The average Bonchev–Trinajstić information content (AvgIpc) is 3.02. The van der Waals surface area contributed by atoms with Gasteiger partial charge in [-0.3, -0.25) is 10.1 Å². The minimum atomic E-state index is -0.173. The van der Waals surface area contributed by atoms with Crippen molar-refractivity contribution in [2.75, 3.05) is 5.32 Å². The molecule has 26 heavy (non-hydrogen) atoms. The zero-order valence-corrected chi connectivity index (χ0v) is 16.6. The van der Waals surface area contributed by atoms with E-state index in [0.717, 1.165) is 36.8 Å². The van der Waals surface area contributed by atoms with Crippen LogP contribution < -0.4 is 5.32 Å². The van der Waals surface area contributed by atoms with Crippen LogP contribution in [0.1, 0.15) is 54.6 Å². The first-order valence-corrected chi connectivity index (χ1v) is 10.8. The second-order valence-electron chi connectivity index (χ2n) is 8.39. The average molecular weight is 407 g/mol. The van der Waals surface area contributed by atoms with Gasteiger partial charge in [-0.2, -0.15) is 0 Å². The van der Waals surface area contributed by atoms with Crippen LogP contribution in [-0.2, 0) is 5.41 Å². The number of anilines is 1. The molecule has 0 radical (unpaired) electrons. The van der Waals surface area contributed by atoms with Crippen LogP contribution in [0.2, 0.25) is 5.02 Å². The highest BCUT2D eigenvalue weighted by Gasteiger charge is 2.58. The smallest absolute Gasteiger partial charge is 0.257 e. The van der Waals surface area contributed by atoms with Crippen molar-refractivity contribution >= 4 is 45.6 Å². The van der Waals surface area contributed by atoms with Crippen LogP contribution in [0.4, 0.5) is 5.13 Å². The highest BCUT2D eigenvalue weighted by atomic mass is 35.5. The van der Waals surface area contributed by atoms with Crippen LogP contribution in [-0.4, -0.2) is 15.8 Å². The Kier molecular flexibility index (Phi) is 3.90. The molecule has 3 nitrogen and oxygen atoms in total. The topological polar surface area (TPSA) is 42.0 Å². The van der Waals surface area contributed by atoms with Gasteiger partial charge in [0.2, 0.25) is 0 Å². The third-order valence-electron chi connectivity index (χ3n) is 6.34. The van der Waals surface area contributed by atoms with Gasteiger partial charge in [-0.05, 0) is 68.6 Å². The predicted octanol–water partition coefficient (Wildman–Crippen LogP) is 5.88. The number of aromatic nitrogens is 1. The van der Waals surface area contributed by atoms with Crippen LogP contribution in [0, 0.1) is 11.8 Å². The number of amides is 1. The number of alkyl halides is 1. The fourth-order valence-electron chi connectivity index (χ4n) is 5.82. The van der Waals surface area contributed by atoms with Crippen molar-refractivity contribution in [2.45, 2.75) is 48.8 Å². The minimum absolute atomic E-state index is 0.0299. The van der Waals surface area contributed by atoms with Gasteiger partial charge in [0.05, 0.1) is 5.69 Å². The first-order valence-electron chi connectivity index (χ1n) is 9.15. The van der Waals surface area contributed by atoms with Crippen molar-refractivity contribution in [3.8, 4) is 0 Å². The lowest BCUT2D eigenvalue weighted by atomic mass is 9.48. The molecule has 4 saturated carbocycles. The molecule has 1 amide bonds. The Morgan fingerprint density at radius 2 is 2.00 bits per heavy atom. The summed E-state index contributed by atoms with van der Waals surface area (Å²) in [6, 6.07) is 6.96. The lowest BCUT2D eigenvalue weighted by Crippen LogP contribution is -2.55. The number of hydrogen-bond donors (Lipinski definition) is 1. The van der Waals surface area contributed by atoms with Gasteiger partial charge in [0.15, 0.2) is 5.13 Å². The molecule has 4 bridgehead atoms. The van der Waals surface area contributed by atoms with E-state index in [4.69, 9.17) is 28.2 Å². The van der Waals surface area contributed by atoms with Crippen LogP contribution in [0.15, 0.2) is 29.6 Å². The van der Waals surface area contributed by atoms with Gasteiger partial charge in [-0.1, -0.05) is 17.7 Å². The SMILES string of the molecule is O=C(Nc1nc(C23CC4CC(CC(Cl)(C4)C2)C3)cs1)c1cccc(Cl)c1. The Morgan fingerprint density at radius 1 is 1.23 bits per heavy atom. The Balaban J connectivity index is 1.38. The maximum Gasteiger partial charge on any atom is 0.257 e. The molecule has 2 atom stereocenters. The second-order valence-corrected chi connectivity index (χ2v) is 10.5. The summed E-state index contributed by atoms with van der Waals surface area (Å²) in [5.74, 6) is 1.30. The lowest BCUT2D eigenvalue weighted by molar-refractivity contribution is 0.00720. The lowest BCUT2D eigenvalue weighted by Gasteiger charge is -2.59. The molecule has 6 heteroatoms. The number of carbonyl (C=O) groups is 1. The summed E-state index contributed by atoms with van der Waals surface area (Å²) in [6.07, 6.45) is 7.08. The molecule has 1 heterocycles. The zero-order chi connectivity index (χ0) is 17.9. The highest BCUT2D eigenvalue weighted by molar-refractivity contribution is 7.14. The normalized spacial score (nSPS) is 34.8. The van der Waals surface area contributed by atoms with Crippen LogP contribution in [0.3, 0.4) is 0 Å².